The first-order valence-electron chi connectivity index (χ1n) is 8.63. The summed E-state index contributed by atoms with van der Waals surface area (Å²) in [5.41, 5.74) is 1.99. The van der Waals surface area contributed by atoms with Gasteiger partial charge < -0.3 is 10.1 Å². The zero-order valence-corrected chi connectivity index (χ0v) is 17.3. The van der Waals surface area contributed by atoms with Crippen molar-refractivity contribution in [3.63, 3.8) is 0 Å². The number of sulfonamides is 1. The van der Waals surface area contributed by atoms with Crippen molar-refractivity contribution in [1.29, 1.82) is 0 Å². The molecule has 0 aliphatic heterocycles. The third kappa shape index (κ3) is 5.07. The number of anilines is 2. The third-order valence-corrected chi connectivity index (χ3v) is 5.81. The maximum Gasteiger partial charge on any atom is 0.261 e. The molecule has 0 radical (unpaired) electrons. The molecule has 0 aliphatic rings. The molecule has 0 heterocycles. The van der Waals surface area contributed by atoms with Gasteiger partial charge in [-0.25, -0.2) is 8.42 Å². The first-order chi connectivity index (χ1) is 13.8. The van der Waals surface area contributed by atoms with E-state index >= 15 is 0 Å². The predicted molar refractivity (Wildman–Crippen MR) is 114 cm³/mol. The van der Waals surface area contributed by atoms with Gasteiger partial charge in [0.25, 0.3) is 15.9 Å². The zero-order chi connectivity index (χ0) is 21.0. The molecule has 0 atom stereocenters. The Morgan fingerprint density at radius 2 is 1.72 bits per heavy atom. The molecule has 0 fully saturated rings. The van der Waals surface area contributed by atoms with Crippen molar-refractivity contribution in [2.45, 2.75) is 11.8 Å². The molecule has 0 saturated heterocycles. The highest BCUT2D eigenvalue weighted by Gasteiger charge is 2.17. The average molecular weight is 431 g/mol. The first-order valence-corrected chi connectivity index (χ1v) is 10.5. The number of carbonyl (C=O) groups excluding carboxylic acids is 1. The maximum atomic E-state index is 12.7. The number of aryl methyl sites for hydroxylation is 1. The fraction of sp³-hybridized carbons (Fsp3) is 0.0952. The summed E-state index contributed by atoms with van der Waals surface area (Å²) in [6, 6.07) is 17.5. The van der Waals surface area contributed by atoms with E-state index in [1.807, 2.05) is 13.0 Å². The molecule has 1 amide bonds. The van der Waals surface area contributed by atoms with Gasteiger partial charge in [-0.05, 0) is 67.1 Å². The molecule has 2 N–H and O–H groups in total. The first kappa shape index (κ1) is 20.7. The van der Waals surface area contributed by atoms with Crippen LogP contribution in [0.5, 0.6) is 5.75 Å². The van der Waals surface area contributed by atoms with E-state index in [0.29, 0.717) is 22.1 Å². The van der Waals surface area contributed by atoms with Gasteiger partial charge in [0.05, 0.1) is 22.7 Å². The highest BCUT2D eigenvalue weighted by molar-refractivity contribution is 7.92. The van der Waals surface area contributed by atoms with Crippen LogP contribution in [0.4, 0.5) is 11.4 Å². The number of rotatable bonds is 6. The number of nitrogens with one attached hydrogen (secondary N) is 2. The molecule has 3 aromatic carbocycles. The Bertz CT molecular complexity index is 1150. The number of methoxy groups -OCH3 is 1. The number of hydrogen-bond donors (Lipinski definition) is 2. The normalized spacial score (nSPS) is 11.0. The van der Waals surface area contributed by atoms with E-state index in [4.69, 9.17) is 16.3 Å². The van der Waals surface area contributed by atoms with Gasteiger partial charge in [-0.3, -0.25) is 9.52 Å². The molecule has 150 valence electrons. The van der Waals surface area contributed by atoms with Gasteiger partial charge in [0, 0.05) is 11.3 Å². The Morgan fingerprint density at radius 3 is 2.38 bits per heavy atom. The second-order valence-electron chi connectivity index (χ2n) is 6.30. The van der Waals surface area contributed by atoms with Gasteiger partial charge in [-0.1, -0.05) is 23.7 Å². The molecule has 0 spiro atoms. The summed E-state index contributed by atoms with van der Waals surface area (Å²) in [5.74, 6) is 0.152. The van der Waals surface area contributed by atoms with Gasteiger partial charge in [0.15, 0.2) is 0 Å². The highest BCUT2D eigenvalue weighted by Crippen LogP contribution is 2.24. The Labute approximate surface area is 174 Å². The minimum absolute atomic E-state index is 0.0315. The summed E-state index contributed by atoms with van der Waals surface area (Å²) >= 11 is 6.15. The second-order valence-corrected chi connectivity index (χ2v) is 8.39. The summed E-state index contributed by atoms with van der Waals surface area (Å²) in [6.45, 7) is 1.89. The van der Waals surface area contributed by atoms with Crippen molar-refractivity contribution in [2.75, 3.05) is 17.1 Å². The molecule has 0 bridgehead atoms. The van der Waals surface area contributed by atoms with E-state index in [1.54, 1.807) is 36.4 Å². The number of benzene rings is 3. The van der Waals surface area contributed by atoms with Crippen LogP contribution in [0.25, 0.3) is 0 Å². The van der Waals surface area contributed by atoms with E-state index < -0.39 is 15.9 Å². The van der Waals surface area contributed by atoms with Crippen molar-refractivity contribution in [3.8, 4) is 5.75 Å². The quantitative estimate of drug-likeness (QED) is 0.593. The van der Waals surface area contributed by atoms with Crippen molar-refractivity contribution >= 4 is 38.9 Å². The molecule has 3 aromatic rings. The van der Waals surface area contributed by atoms with Gasteiger partial charge in [-0.15, -0.1) is 0 Å². The molecule has 3 rings (SSSR count). The number of halogens is 1. The van der Waals surface area contributed by atoms with Gasteiger partial charge in [-0.2, -0.15) is 0 Å². The molecular formula is C21H19ClN2O4S. The summed E-state index contributed by atoms with van der Waals surface area (Å²) < 4.78 is 32.9. The van der Waals surface area contributed by atoms with Crippen LogP contribution in [0.2, 0.25) is 5.02 Å². The summed E-state index contributed by atoms with van der Waals surface area (Å²) in [7, 11) is -2.35. The van der Waals surface area contributed by atoms with E-state index in [0.717, 1.165) is 5.56 Å². The Hall–Kier alpha value is -3.03. The molecular weight excluding hydrogens is 412 g/mol. The molecule has 29 heavy (non-hydrogen) atoms. The smallest absolute Gasteiger partial charge is 0.261 e. The van der Waals surface area contributed by atoms with Crippen LogP contribution < -0.4 is 14.8 Å². The highest BCUT2D eigenvalue weighted by atomic mass is 35.5. The van der Waals surface area contributed by atoms with Crippen molar-refractivity contribution in [1.82, 2.24) is 0 Å². The predicted octanol–water partition coefficient (Wildman–Crippen LogP) is 4.71. The fourth-order valence-corrected chi connectivity index (χ4v) is 3.98. The van der Waals surface area contributed by atoms with Gasteiger partial charge >= 0.3 is 0 Å². The number of hydrogen-bond acceptors (Lipinski definition) is 4. The van der Waals surface area contributed by atoms with Crippen LogP contribution in [0, 0.1) is 6.92 Å². The third-order valence-electron chi connectivity index (χ3n) is 4.12. The fourth-order valence-electron chi connectivity index (χ4n) is 2.59. The van der Waals surface area contributed by atoms with Crippen molar-refractivity contribution in [2.24, 2.45) is 0 Å². The Kier molecular flexibility index (Phi) is 6.10. The van der Waals surface area contributed by atoms with Crippen LogP contribution >= 0.6 is 11.6 Å². The van der Waals surface area contributed by atoms with Crippen molar-refractivity contribution in [3.05, 3.63) is 82.9 Å². The standard InChI is InChI=1S/C21H19ClN2O4S/c1-14-6-11-20(19(22)12-14)23-21(25)15-4-3-5-18(13-15)29(26,27)24-16-7-9-17(28-2)10-8-16/h3-13,24H,1-2H3,(H,23,25). The van der Waals surface area contributed by atoms with Crippen LogP contribution in [-0.2, 0) is 10.0 Å². The van der Waals surface area contributed by atoms with E-state index in [9.17, 15) is 13.2 Å². The van der Waals surface area contributed by atoms with Gasteiger partial charge in [0.2, 0.25) is 0 Å². The SMILES string of the molecule is COc1ccc(NS(=O)(=O)c2cccc(C(=O)Nc3ccc(C)cc3Cl)c2)cc1. The number of carbonyl (C=O) groups is 1. The zero-order valence-electron chi connectivity index (χ0n) is 15.8. The molecule has 0 unspecified atom stereocenters. The Balaban J connectivity index is 1.80. The van der Waals surface area contributed by atoms with E-state index in [2.05, 4.69) is 10.0 Å². The van der Waals surface area contributed by atoms with E-state index in [1.165, 1.54) is 31.4 Å². The largest absolute Gasteiger partial charge is 0.497 e. The lowest BCUT2D eigenvalue weighted by molar-refractivity contribution is 0.102. The maximum absolute atomic E-state index is 12.7. The minimum Gasteiger partial charge on any atom is -0.497 e. The molecule has 6 nitrogen and oxygen atoms in total. The second kappa shape index (κ2) is 8.55. The lowest BCUT2D eigenvalue weighted by atomic mass is 10.2. The topological polar surface area (TPSA) is 84.5 Å². The lowest BCUT2D eigenvalue weighted by Gasteiger charge is -2.11. The summed E-state index contributed by atoms with van der Waals surface area (Å²) in [4.78, 5) is 12.5. The molecule has 8 heteroatoms. The molecule has 0 aromatic heterocycles. The average Bonchev–Trinajstić information content (AvgIpc) is 2.70. The monoisotopic (exact) mass is 430 g/mol. The number of ether oxygens (including phenoxy) is 1. The van der Waals surface area contributed by atoms with Crippen LogP contribution in [0.15, 0.2) is 71.6 Å². The van der Waals surface area contributed by atoms with Crippen LogP contribution in [0.3, 0.4) is 0 Å². The number of amides is 1. The summed E-state index contributed by atoms with van der Waals surface area (Å²) in [6.07, 6.45) is 0. The van der Waals surface area contributed by atoms with Gasteiger partial charge in [0.1, 0.15) is 5.75 Å². The van der Waals surface area contributed by atoms with Crippen molar-refractivity contribution < 1.29 is 17.9 Å². The Morgan fingerprint density at radius 1 is 1.00 bits per heavy atom. The molecule has 0 aliphatic carbocycles. The lowest BCUT2D eigenvalue weighted by Crippen LogP contribution is -2.16. The van der Waals surface area contributed by atoms with Crippen LogP contribution in [-0.4, -0.2) is 21.4 Å². The van der Waals surface area contributed by atoms with Crippen LogP contribution in [0.1, 0.15) is 15.9 Å². The summed E-state index contributed by atoms with van der Waals surface area (Å²) in [5, 5.41) is 3.10. The minimum atomic E-state index is -3.87. The molecule has 0 saturated carbocycles. The van der Waals surface area contributed by atoms with E-state index in [-0.39, 0.29) is 10.5 Å².